The number of nitrogens with zero attached hydrogens (tertiary/aromatic N) is 2. The summed E-state index contributed by atoms with van der Waals surface area (Å²) >= 11 is 0. The van der Waals surface area contributed by atoms with Crippen LogP contribution in [0.2, 0.25) is 0 Å². The van der Waals surface area contributed by atoms with E-state index in [0.717, 1.165) is 6.04 Å². The van der Waals surface area contributed by atoms with Crippen molar-refractivity contribution in [2.24, 2.45) is 0 Å². The lowest BCUT2D eigenvalue weighted by Crippen LogP contribution is -2.35. The lowest BCUT2D eigenvalue weighted by Gasteiger charge is -2.25. The Kier molecular flexibility index (Phi) is 5.75. The van der Waals surface area contributed by atoms with Crippen molar-refractivity contribution >= 4 is 0 Å². The smallest absolute Gasteiger partial charge is 0.0109 e. The molecule has 3 nitrogen and oxygen atoms in total. The number of nitrogens with one attached hydrogen (secondary N) is 1. The minimum absolute atomic E-state index is 0.818. The van der Waals surface area contributed by atoms with E-state index in [9.17, 15) is 0 Å². The van der Waals surface area contributed by atoms with E-state index >= 15 is 0 Å². The van der Waals surface area contributed by atoms with Gasteiger partial charge in [0.25, 0.3) is 0 Å². The van der Waals surface area contributed by atoms with Gasteiger partial charge in [-0.25, -0.2) is 0 Å². The van der Waals surface area contributed by atoms with Crippen molar-refractivity contribution in [2.45, 2.75) is 44.6 Å². The highest BCUT2D eigenvalue weighted by Crippen LogP contribution is 2.12. The third-order valence-electron chi connectivity index (χ3n) is 4.25. The first-order valence-corrected chi connectivity index (χ1v) is 7.49. The Morgan fingerprint density at radius 3 is 2.82 bits per heavy atom. The zero-order valence-electron chi connectivity index (χ0n) is 11.5. The van der Waals surface area contributed by atoms with E-state index in [1.54, 1.807) is 0 Å². The van der Waals surface area contributed by atoms with Crippen LogP contribution in [0.5, 0.6) is 0 Å². The fourth-order valence-corrected chi connectivity index (χ4v) is 3.06. The minimum Gasteiger partial charge on any atom is -0.314 e. The Morgan fingerprint density at radius 1 is 1.06 bits per heavy atom. The summed E-state index contributed by atoms with van der Waals surface area (Å²) in [7, 11) is 2.25. The van der Waals surface area contributed by atoms with E-state index in [0.29, 0.717) is 0 Å². The van der Waals surface area contributed by atoms with Crippen molar-refractivity contribution in [3.8, 4) is 0 Å². The molecule has 0 amide bonds. The van der Waals surface area contributed by atoms with Crippen LogP contribution < -0.4 is 5.32 Å². The highest BCUT2D eigenvalue weighted by molar-refractivity contribution is 4.73. The second-order valence-corrected chi connectivity index (χ2v) is 5.79. The molecule has 0 radical (unpaired) electrons. The SMILES string of the molecule is CN1CCCN(CCCC2CCCCN2)CC1. The molecule has 1 unspecified atom stereocenters. The summed E-state index contributed by atoms with van der Waals surface area (Å²) in [5, 5.41) is 3.65. The van der Waals surface area contributed by atoms with E-state index in [1.165, 1.54) is 77.8 Å². The first-order chi connectivity index (χ1) is 8.34. The van der Waals surface area contributed by atoms with E-state index in [1.807, 2.05) is 0 Å². The summed E-state index contributed by atoms with van der Waals surface area (Å²) in [4.78, 5) is 5.12. The lowest BCUT2D eigenvalue weighted by atomic mass is 10.0. The molecular weight excluding hydrogens is 210 g/mol. The van der Waals surface area contributed by atoms with Crippen LogP contribution in [0.1, 0.15) is 38.5 Å². The number of likely N-dealkylation sites (N-methyl/N-ethyl adjacent to an activating group) is 1. The molecule has 1 N–H and O–H groups in total. The molecule has 2 aliphatic heterocycles. The van der Waals surface area contributed by atoms with Crippen LogP contribution in [0.25, 0.3) is 0 Å². The Morgan fingerprint density at radius 2 is 2.00 bits per heavy atom. The van der Waals surface area contributed by atoms with Crippen molar-refractivity contribution in [1.29, 1.82) is 0 Å². The van der Waals surface area contributed by atoms with Gasteiger partial charge in [0.2, 0.25) is 0 Å². The number of rotatable bonds is 4. The highest BCUT2D eigenvalue weighted by Gasteiger charge is 2.14. The molecule has 0 aromatic carbocycles. The molecule has 3 heteroatoms. The predicted molar refractivity (Wildman–Crippen MR) is 73.4 cm³/mol. The third-order valence-corrected chi connectivity index (χ3v) is 4.25. The van der Waals surface area contributed by atoms with Crippen LogP contribution in [0.3, 0.4) is 0 Å². The standard InChI is InChI=1S/C14H29N3/c1-16-9-5-11-17(13-12-16)10-4-7-14-6-2-3-8-15-14/h14-15H,2-13H2,1H3. The maximum atomic E-state index is 3.65. The van der Waals surface area contributed by atoms with Crippen LogP contribution in [0, 0.1) is 0 Å². The van der Waals surface area contributed by atoms with Gasteiger partial charge < -0.3 is 15.1 Å². The lowest BCUT2D eigenvalue weighted by molar-refractivity contribution is 0.261. The Labute approximate surface area is 107 Å². The zero-order valence-corrected chi connectivity index (χ0v) is 11.5. The molecule has 0 aromatic rings. The maximum Gasteiger partial charge on any atom is 0.0109 e. The summed E-state index contributed by atoms with van der Waals surface area (Å²) in [6.07, 6.45) is 8.33. The van der Waals surface area contributed by atoms with Crippen molar-refractivity contribution in [3.05, 3.63) is 0 Å². The quantitative estimate of drug-likeness (QED) is 0.803. The van der Waals surface area contributed by atoms with Gasteiger partial charge in [-0.1, -0.05) is 6.42 Å². The minimum atomic E-state index is 0.818. The highest BCUT2D eigenvalue weighted by atomic mass is 15.2. The molecule has 100 valence electrons. The molecule has 17 heavy (non-hydrogen) atoms. The van der Waals surface area contributed by atoms with E-state index < -0.39 is 0 Å². The molecule has 2 aliphatic rings. The second-order valence-electron chi connectivity index (χ2n) is 5.79. The molecule has 1 atom stereocenters. The first-order valence-electron chi connectivity index (χ1n) is 7.49. The molecular formula is C14H29N3. The van der Waals surface area contributed by atoms with Crippen molar-refractivity contribution < 1.29 is 0 Å². The molecule has 2 heterocycles. The normalized spacial score (nSPS) is 29.1. The fraction of sp³-hybridized carbons (Fsp3) is 1.00. The predicted octanol–water partition coefficient (Wildman–Crippen LogP) is 1.55. The number of piperidine rings is 1. The third kappa shape index (κ3) is 4.94. The maximum absolute atomic E-state index is 3.65. The summed E-state index contributed by atoms with van der Waals surface area (Å²) < 4.78 is 0. The van der Waals surface area contributed by atoms with Crippen LogP contribution in [-0.2, 0) is 0 Å². The number of hydrogen-bond acceptors (Lipinski definition) is 3. The monoisotopic (exact) mass is 239 g/mol. The Bertz CT molecular complexity index is 202. The molecule has 0 spiro atoms. The van der Waals surface area contributed by atoms with Crippen molar-refractivity contribution in [1.82, 2.24) is 15.1 Å². The van der Waals surface area contributed by atoms with E-state index in [2.05, 4.69) is 22.2 Å². The van der Waals surface area contributed by atoms with Gasteiger partial charge in [-0.2, -0.15) is 0 Å². The molecule has 0 saturated carbocycles. The van der Waals surface area contributed by atoms with Gasteiger partial charge in [0.05, 0.1) is 0 Å². The molecule has 0 bridgehead atoms. The van der Waals surface area contributed by atoms with Crippen molar-refractivity contribution in [2.75, 3.05) is 46.3 Å². The molecule has 0 aromatic heterocycles. The van der Waals surface area contributed by atoms with Crippen LogP contribution in [0.4, 0.5) is 0 Å². The first kappa shape index (κ1) is 13.3. The van der Waals surface area contributed by atoms with Gasteiger partial charge in [0, 0.05) is 19.1 Å². The van der Waals surface area contributed by atoms with Gasteiger partial charge in [-0.3, -0.25) is 0 Å². The Balaban J connectivity index is 1.57. The van der Waals surface area contributed by atoms with Gasteiger partial charge in [0.1, 0.15) is 0 Å². The second kappa shape index (κ2) is 7.34. The van der Waals surface area contributed by atoms with Gasteiger partial charge >= 0.3 is 0 Å². The zero-order chi connectivity index (χ0) is 11.9. The fourth-order valence-electron chi connectivity index (χ4n) is 3.06. The van der Waals surface area contributed by atoms with Crippen LogP contribution >= 0.6 is 0 Å². The van der Waals surface area contributed by atoms with Gasteiger partial charge in [0.15, 0.2) is 0 Å². The van der Waals surface area contributed by atoms with E-state index in [4.69, 9.17) is 0 Å². The molecule has 0 aliphatic carbocycles. The topological polar surface area (TPSA) is 18.5 Å². The summed E-state index contributed by atoms with van der Waals surface area (Å²) in [5.41, 5.74) is 0. The van der Waals surface area contributed by atoms with Crippen molar-refractivity contribution in [3.63, 3.8) is 0 Å². The summed E-state index contributed by atoms with van der Waals surface area (Å²) in [5.74, 6) is 0. The molecule has 2 fully saturated rings. The molecule has 2 rings (SSSR count). The Hall–Kier alpha value is -0.120. The average molecular weight is 239 g/mol. The number of hydrogen-bond donors (Lipinski definition) is 1. The van der Waals surface area contributed by atoms with E-state index in [-0.39, 0.29) is 0 Å². The van der Waals surface area contributed by atoms with Gasteiger partial charge in [-0.15, -0.1) is 0 Å². The summed E-state index contributed by atoms with van der Waals surface area (Å²) in [6, 6.07) is 0.818. The van der Waals surface area contributed by atoms with Gasteiger partial charge in [-0.05, 0) is 65.3 Å². The van der Waals surface area contributed by atoms with Crippen LogP contribution in [-0.4, -0.2) is 62.2 Å². The average Bonchev–Trinajstić information content (AvgIpc) is 2.56. The molecule has 2 saturated heterocycles. The van der Waals surface area contributed by atoms with Crippen LogP contribution in [0.15, 0.2) is 0 Å². The largest absolute Gasteiger partial charge is 0.314 e. The summed E-state index contributed by atoms with van der Waals surface area (Å²) in [6.45, 7) is 7.67.